The minimum Gasteiger partial charge on any atom is -0.481 e. The number of hydrogen-bond donors (Lipinski definition) is 2. The predicted octanol–water partition coefficient (Wildman–Crippen LogP) is 4.27. The van der Waals surface area contributed by atoms with Crippen LogP contribution in [0.2, 0.25) is 0 Å². The molecule has 2 aliphatic rings. The molecule has 2 fully saturated rings. The summed E-state index contributed by atoms with van der Waals surface area (Å²) in [5.41, 5.74) is 0.249. The highest BCUT2D eigenvalue weighted by atomic mass is 32.2. The van der Waals surface area contributed by atoms with Gasteiger partial charge in [0.2, 0.25) is 16.1 Å². The third-order valence-corrected chi connectivity index (χ3v) is 10.0. The maximum absolute atomic E-state index is 14.5. The number of benzene rings is 2. The number of aromatic nitrogens is 1. The summed E-state index contributed by atoms with van der Waals surface area (Å²) < 4.78 is 60.9. The number of carbonyl (C=O) groups is 2. The summed E-state index contributed by atoms with van der Waals surface area (Å²) in [5.74, 6) is -4.07. The highest BCUT2D eigenvalue weighted by Gasteiger charge is 2.30. The fraction of sp³-hybridized carbons (Fsp3) is 0.370. The van der Waals surface area contributed by atoms with Gasteiger partial charge in [0.05, 0.1) is 17.0 Å². The number of nitrogens with zero attached hydrogens (tertiary/aromatic N) is 3. The fourth-order valence-corrected chi connectivity index (χ4v) is 7.24. The molecule has 218 valence electrons. The van der Waals surface area contributed by atoms with Gasteiger partial charge in [-0.2, -0.15) is 4.31 Å². The monoisotopic (exact) mass is 606 g/mol. The van der Waals surface area contributed by atoms with Gasteiger partial charge in [0, 0.05) is 37.8 Å². The Labute approximate surface area is 239 Å². The number of ether oxygens (including phenoxy) is 1. The summed E-state index contributed by atoms with van der Waals surface area (Å²) in [5, 5.41) is 12.9. The molecule has 0 saturated carbocycles. The second-order valence-corrected chi connectivity index (χ2v) is 12.8. The molecule has 2 N–H and O–H groups in total. The molecule has 0 bridgehead atoms. The summed E-state index contributed by atoms with van der Waals surface area (Å²) in [7, 11) is -3.69. The molecule has 0 aliphatic carbocycles. The van der Waals surface area contributed by atoms with Crippen LogP contribution in [0.15, 0.2) is 53.6 Å². The summed E-state index contributed by atoms with van der Waals surface area (Å²) in [4.78, 5) is 31.0. The van der Waals surface area contributed by atoms with Crippen molar-refractivity contribution in [3.63, 3.8) is 0 Å². The van der Waals surface area contributed by atoms with Crippen LogP contribution in [0.1, 0.15) is 37.4 Å². The maximum Gasteiger partial charge on any atom is 0.306 e. The largest absolute Gasteiger partial charge is 0.481 e. The molecule has 0 spiro atoms. The van der Waals surface area contributed by atoms with E-state index in [0.29, 0.717) is 45.1 Å². The Kier molecular flexibility index (Phi) is 8.52. The van der Waals surface area contributed by atoms with Gasteiger partial charge in [-0.1, -0.05) is 23.5 Å². The number of sulfonamides is 1. The first-order valence-electron chi connectivity index (χ1n) is 13.1. The lowest BCUT2D eigenvalue weighted by Crippen LogP contribution is -2.35. The zero-order valence-corrected chi connectivity index (χ0v) is 23.5. The van der Waals surface area contributed by atoms with E-state index in [-0.39, 0.29) is 27.3 Å². The fourth-order valence-electron chi connectivity index (χ4n) is 4.85. The first-order valence-corrected chi connectivity index (χ1v) is 15.3. The van der Waals surface area contributed by atoms with E-state index in [1.165, 1.54) is 39.9 Å². The number of halogens is 2. The Hall–Kier alpha value is -3.62. The lowest BCUT2D eigenvalue weighted by molar-refractivity contribution is -0.142. The molecule has 3 heterocycles. The molecule has 1 aromatic heterocycles. The van der Waals surface area contributed by atoms with Crippen LogP contribution in [0.4, 0.5) is 18.9 Å². The molecule has 1 unspecified atom stereocenters. The molecule has 2 aliphatic heterocycles. The zero-order chi connectivity index (χ0) is 29.1. The van der Waals surface area contributed by atoms with Gasteiger partial charge in [-0.15, -0.1) is 0 Å². The number of nitrogens with one attached hydrogen (secondary N) is 1. The first-order chi connectivity index (χ1) is 19.6. The van der Waals surface area contributed by atoms with Crippen LogP contribution in [0.3, 0.4) is 0 Å². The zero-order valence-electron chi connectivity index (χ0n) is 21.8. The molecule has 5 rings (SSSR count). The quantitative estimate of drug-likeness (QED) is 0.370. The number of rotatable bonds is 9. The molecule has 0 radical (unpaired) electrons. The minimum atomic E-state index is -3.69. The number of thiazole rings is 1. The standard InChI is InChI=1S/C27H28F2N4O6S2/c28-19-5-8-22(21(29)15-19)39-24(17-3-6-20(7-4-17)41(37,38)33-11-1-2-12-33)25(34)31-27-30-16-23(40-27)32-13-9-18(10-14-32)26(35)36/h3-8,15-16,18,24H,1-2,9-14H2,(H,35,36)(H,30,31,34). The van der Waals surface area contributed by atoms with E-state index in [1.807, 2.05) is 4.90 Å². The number of carboxylic acids is 1. The van der Waals surface area contributed by atoms with Gasteiger partial charge in [0.15, 0.2) is 16.7 Å². The topological polar surface area (TPSA) is 129 Å². The predicted molar refractivity (Wildman–Crippen MR) is 147 cm³/mol. The number of carbonyl (C=O) groups excluding carboxylic acids is 1. The van der Waals surface area contributed by atoms with E-state index >= 15 is 0 Å². The van der Waals surface area contributed by atoms with Crippen molar-refractivity contribution in [2.45, 2.75) is 36.7 Å². The van der Waals surface area contributed by atoms with E-state index in [0.717, 1.165) is 30.0 Å². The van der Waals surface area contributed by atoms with Crippen molar-refractivity contribution in [3.8, 4) is 5.75 Å². The maximum atomic E-state index is 14.5. The van der Waals surface area contributed by atoms with Crippen LogP contribution in [-0.4, -0.2) is 60.9 Å². The summed E-state index contributed by atoms with van der Waals surface area (Å²) in [6, 6.07) is 8.30. The Bertz CT molecular complexity index is 1520. The Morgan fingerprint density at radius 1 is 1.05 bits per heavy atom. The van der Waals surface area contributed by atoms with Crippen molar-refractivity contribution in [3.05, 3.63) is 65.9 Å². The summed E-state index contributed by atoms with van der Waals surface area (Å²) in [6.45, 7) is 1.95. The summed E-state index contributed by atoms with van der Waals surface area (Å²) in [6.07, 6.45) is 2.73. The van der Waals surface area contributed by atoms with Gasteiger partial charge >= 0.3 is 5.97 Å². The summed E-state index contributed by atoms with van der Waals surface area (Å²) >= 11 is 1.19. The molecule has 2 aromatic carbocycles. The molecule has 41 heavy (non-hydrogen) atoms. The van der Waals surface area contributed by atoms with E-state index in [1.54, 1.807) is 6.20 Å². The van der Waals surface area contributed by atoms with Gasteiger partial charge in [0.1, 0.15) is 10.8 Å². The number of aliphatic carboxylic acids is 1. The second-order valence-electron chi connectivity index (χ2n) is 9.85. The number of piperidine rings is 1. The third-order valence-electron chi connectivity index (χ3n) is 7.14. The average Bonchev–Trinajstić information content (AvgIpc) is 3.66. The van der Waals surface area contributed by atoms with Gasteiger partial charge in [-0.05, 0) is 49.9 Å². The molecular formula is C27H28F2N4O6S2. The van der Waals surface area contributed by atoms with Crippen molar-refractivity contribution in [2.75, 3.05) is 36.4 Å². The SMILES string of the molecule is O=C(O)C1CCN(c2cnc(NC(=O)C(Oc3ccc(F)cc3F)c3ccc(S(=O)(=O)N4CCCC4)cc3)s2)CC1. The van der Waals surface area contributed by atoms with Crippen LogP contribution in [0.25, 0.3) is 0 Å². The Balaban J connectivity index is 1.35. The first kappa shape index (κ1) is 28.9. The number of anilines is 2. The normalized spacial score (nSPS) is 17.4. The van der Waals surface area contributed by atoms with Crippen LogP contribution >= 0.6 is 11.3 Å². The van der Waals surface area contributed by atoms with Crippen molar-refractivity contribution in [1.82, 2.24) is 9.29 Å². The molecule has 14 heteroatoms. The highest BCUT2D eigenvalue weighted by Crippen LogP contribution is 2.33. The minimum absolute atomic E-state index is 0.0616. The van der Waals surface area contributed by atoms with Crippen LogP contribution in [0, 0.1) is 17.6 Å². The molecule has 10 nitrogen and oxygen atoms in total. The van der Waals surface area contributed by atoms with Crippen LogP contribution < -0.4 is 15.0 Å². The van der Waals surface area contributed by atoms with Gasteiger partial charge in [-0.25, -0.2) is 22.2 Å². The second kappa shape index (κ2) is 12.1. The number of carboxylic acid groups (broad SMARTS) is 1. The van der Waals surface area contributed by atoms with Crippen molar-refractivity contribution in [1.29, 1.82) is 0 Å². The Morgan fingerprint density at radius 3 is 2.37 bits per heavy atom. The van der Waals surface area contributed by atoms with E-state index in [9.17, 15) is 31.9 Å². The van der Waals surface area contributed by atoms with Crippen molar-refractivity contribution >= 4 is 43.4 Å². The van der Waals surface area contributed by atoms with Gasteiger partial charge in [-0.3, -0.25) is 14.9 Å². The smallest absolute Gasteiger partial charge is 0.306 e. The van der Waals surface area contributed by atoms with Crippen LogP contribution in [-0.2, 0) is 19.6 Å². The molecule has 1 amide bonds. The van der Waals surface area contributed by atoms with E-state index in [2.05, 4.69) is 10.3 Å². The van der Waals surface area contributed by atoms with E-state index < -0.39 is 39.6 Å². The van der Waals surface area contributed by atoms with E-state index in [4.69, 9.17) is 4.74 Å². The molecular weight excluding hydrogens is 578 g/mol. The number of amides is 1. The Morgan fingerprint density at radius 2 is 1.73 bits per heavy atom. The van der Waals surface area contributed by atoms with Gasteiger partial charge < -0.3 is 14.7 Å². The van der Waals surface area contributed by atoms with Crippen molar-refractivity contribution in [2.24, 2.45) is 5.92 Å². The average molecular weight is 607 g/mol. The van der Waals surface area contributed by atoms with Crippen molar-refractivity contribution < 1.29 is 36.6 Å². The molecule has 3 aromatic rings. The number of hydrogen-bond acceptors (Lipinski definition) is 8. The lowest BCUT2D eigenvalue weighted by atomic mass is 9.97. The van der Waals surface area contributed by atoms with Crippen LogP contribution in [0.5, 0.6) is 5.75 Å². The highest BCUT2D eigenvalue weighted by molar-refractivity contribution is 7.89. The van der Waals surface area contributed by atoms with Gasteiger partial charge in [0.25, 0.3) is 5.91 Å². The lowest BCUT2D eigenvalue weighted by Gasteiger charge is -2.30. The molecule has 2 saturated heterocycles. The molecule has 1 atom stereocenters. The third kappa shape index (κ3) is 6.49.